The molecule has 0 radical (unpaired) electrons. The quantitative estimate of drug-likeness (QED) is 0.600. The minimum absolute atomic E-state index is 0.0344. The zero-order chi connectivity index (χ0) is 22.1. The monoisotopic (exact) mass is 414 g/mol. The number of nitrogens with one attached hydrogen (secondary N) is 3. The Kier molecular flexibility index (Phi) is 6.31. The third kappa shape index (κ3) is 4.26. The lowest BCUT2D eigenvalue weighted by molar-refractivity contribution is -0.125. The Balaban J connectivity index is 1.82. The van der Waals surface area contributed by atoms with Gasteiger partial charge in [-0.15, -0.1) is 0 Å². The van der Waals surface area contributed by atoms with Crippen molar-refractivity contribution in [2.45, 2.75) is 40.2 Å². The molecule has 0 fully saturated rings. The molecule has 0 saturated carbocycles. The van der Waals surface area contributed by atoms with Gasteiger partial charge in [0, 0.05) is 35.6 Å². The minimum Gasteiger partial charge on any atom is -0.379 e. The van der Waals surface area contributed by atoms with Gasteiger partial charge < -0.3 is 20.9 Å². The first-order valence-electron chi connectivity index (χ1n) is 10.5. The number of nitrogens with zero attached hydrogens (tertiary/aromatic N) is 1. The van der Waals surface area contributed by atoms with Crippen molar-refractivity contribution in [3.05, 3.63) is 46.9 Å². The van der Waals surface area contributed by atoms with E-state index in [2.05, 4.69) is 34.7 Å². The third-order valence-corrected chi connectivity index (χ3v) is 5.97. The van der Waals surface area contributed by atoms with Crippen LogP contribution < -0.4 is 16.0 Å². The fourth-order valence-corrected chi connectivity index (χ4v) is 4.32. The molecule has 1 atom stereocenters. The Hall–Kier alpha value is -2.67. The Bertz CT molecular complexity index is 916. The molecule has 2 heterocycles. The zero-order valence-electron chi connectivity index (χ0n) is 18.4. The third-order valence-electron chi connectivity index (χ3n) is 5.97. The van der Waals surface area contributed by atoms with E-state index >= 15 is 0 Å². The molecule has 1 unspecified atom stereocenters. The van der Waals surface area contributed by atoms with Gasteiger partial charge in [0.05, 0.1) is 11.5 Å². The molecule has 162 valence electrons. The summed E-state index contributed by atoms with van der Waals surface area (Å²) in [7, 11) is 0. The van der Waals surface area contributed by atoms with Crippen molar-refractivity contribution in [1.29, 1.82) is 0 Å². The second-order valence-electron chi connectivity index (χ2n) is 8.40. The van der Waals surface area contributed by atoms with E-state index in [0.29, 0.717) is 23.4 Å². The molecule has 7 heteroatoms. The van der Waals surface area contributed by atoms with Crippen molar-refractivity contribution in [3.63, 3.8) is 0 Å². The van der Waals surface area contributed by atoms with E-state index in [1.165, 1.54) is 12.1 Å². The predicted molar refractivity (Wildman–Crippen MR) is 117 cm³/mol. The van der Waals surface area contributed by atoms with Gasteiger partial charge in [0.2, 0.25) is 5.91 Å². The first-order chi connectivity index (χ1) is 14.2. The maximum atomic E-state index is 13.7. The molecule has 2 amide bonds. The molecule has 0 aromatic heterocycles. The van der Waals surface area contributed by atoms with Crippen LogP contribution in [-0.4, -0.2) is 48.4 Å². The van der Waals surface area contributed by atoms with Gasteiger partial charge in [0.1, 0.15) is 5.82 Å². The summed E-state index contributed by atoms with van der Waals surface area (Å²) in [5.74, 6) is -1.07. The highest BCUT2D eigenvalue weighted by atomic mass is 19.1. The van der Waals surface area contributed by atoms with Gasteiger partial charge in [-0.3, -0.25) is 9.59 Å². The summed E-state index contributed by atoms with van der Waals surface area (Å²) in [6.45, 7) is 13.3. The van der Waals surface area contributed by atoms with Crippen LogP contribution in [0, 0.1) is 11.7 Å². The lowest BCUT2D eigenvalue weighted by atomic mass is 9.84. The number of hydrogen-bond donors (Lipinski definition) is 3. The van der Waals surface area contributed by atoms with Crippen molar-refractivity contribution in [2.24, 2.45) is 5.92 Å². The van der Waals surface area contributed by atoms with Gasteiger partial charge >= 0.3 is 0 Å². The SMILES string of the molecule is CCN(CC)CCNC(=O)C1C(C)=C(/C=C2\C(=O)Nc3ccc(F)cc32)NC1(C)C. The number of hydrogen-bond acceptors (Lipinski definition) is 4. The number of benzene rings is 1. The highest BCUT2D eigenvalue weighted by Gasteiger charge is 2.43. The number of fused-ring (bicyclic) bond motifs is 1. The molecule has 3 N–H and O–H groups in total. The number of carbonyl (C=O) groups excluding carboxylic acids is 2. The molecule has 1 aromatic carbocycles. The summed E-state index contributed by atoms with van der Waals surface area (Å²) >= 11 is 0. The molecule has 30 heavy (non-hydrogen) atoms. The highest BCUT2D eigenvalue weighted by molar-refractivity contribution is 6.31. The first-order valence-corrected chi connectivity index (χ1v) is 10.5. The second kappa shape index (κ2) is 8.60. The van der Waals surface area contributed by atoms with Crippen LogP contribution in [0.3, 0.4) is 0 Å². The molecule has 0 aliphatic carbocycles. The fourth-order valence-electron chi connectivity index (χ4n) is 4.32. The second-order valence-corrected chi connectivity index (χ2v) is 8.40. The molecule has 0 saturated heterocycles. The molecule has 0 spiro atoms. The Labute approximate surface area is 177 Å². The molecule has 3 rings (SSSR count). The molecule has 6 nitrogen and oxygen atoms in total. The summed E-state index contributed by atoms with van der Waals surface area (Å²) < 4.78 is 13.7. The van der Waals surface area contributed by atoms with Gasteiger partial charge in [0.25, 0.3) is 5.91 Å². The molecular weight excluding hydrogens is 383 g/mol. The van der Waals surface area contributed by atoms with Crippen molar-refractivity contribution in [2.75, 3.05) is 31.5 Å². The Morgan fingerprint density at radius 2 is 2.00 bits per heavy atom. The normalized spacial score (nSPS) is 21.1. The summed E-state index contributed by atoms with van der Waals surface area (Å²) in [6, 6.07) is 4.23. The molecule has 2 aliphatic heterocycles. The Morgan fingerprint density at radius 3 is 2.67 bits per heavy atom. The minimum atomic E-state index is -0.504. The average Bonchev–Trinajstić information content (AvgIpc) is 3.11. The smallest absolute Gasteiger partial charge is 0.256 e. The van der Waals surface area contributed by atoms with Gasteiger partial charge in [0.15, 0.2) is 0 Å². The number of amides is 2. The van der Waals surface area contributed by atoms with Crippen LogP contribution in [0.25, 0.3) is 5.57 Å². The van der Waals surface area contributed by atoms with E-state index in [1.54, 1.807) is 12.1 Å². The van der Waals surface area contributed by atoms with Crippen LogP contribution in [0.2, 0.25) is 0 Å². The zero-order valence-corrected chi connectivity index (χ0v) is 18.4. The number of allylic oxidation sites excluding steroid dienone is 1. The largest absolute Gasteiger partial charge is 0.379 e. The number of rotatable bonds is 7. The summed E-state index contributed by atoms with van der Waals surface area (Å²) in [5, 5.41) is 9.19. The van der Waals surface area contributed by atoms with Crippen LogP contribution in [0.15, 0.2) is 35.5 Å². The van der Waals surface area contributed by atoms with E-state index in [1.807, 2.05) is 20.8 Å². The van der Waals surface area contributed by atoms with E-state index in [9.17, 15) is 14.0 Å². The fraction of sp³-hybridized carbons (Fsp3) is 0.478. The molecule has 1 aromatic rings. The molecule has 0 bridgehead atoms. The van der Waals surface area contributed by atoms with E-state index in [0.717, 1.165) is 30.9 Å². The lowest BCUT2D eigenvalue weighted by Crippen LogP contribution is -2.48. The van der Waals surface area contributed by atoms with Crippen molar-refractivity contribution in [3.8, 4) is 0 Å². The standard InChI is InChI=1S/C23H31FN4O2/c1-6-28(7-2)11-10-25-22(30)20-14(3)19(27-23(20,4)5)13-17-16-12-15(24)8-9-18(16)26-21(17)29/h8-9,12-13,20,27H,6-7,10-11H2,1-5H3,(H,25,30)(H,26,29)/b17-13-. The maximum absolute atomic E-state index is 13.7. The maximum Gasteiger partial charge on any atom is 0.256 e. The van der Waals surface area contributed by atoms with Crippen LogP contribution >= 0.6 is 0 Å². The first kappa shape index (κ1) is 22.0. The van der Waals surface area contributed by atoms with Crippen LogP contribution in [0.1, 0.15) is 40.2 Å². The van der Waals surface area contributed by atoms with Crippen molar-refractivity contribution in [1.82, 2.24) is 15.5 Å². The van der Waals surface area contributed by atoms with E-state index in [-0.39, 0.29) is 17.7 Å². The topological polar surface area (TPSA) is 73.5 Å². The summed E-state index contributed by atoms with van der Waals surface area (Å²) in [6.07, 6.45) is 1.72. The lowest BCUT2D eigenvalue weighted by Gasteiger charge is -2.29. The molecule has 2 aliphatic rings. The van der Waals surface area contributed by atoms with Crippen molar-refractivity contribution >= 4 is 23.1 Å². The molecular formula is C23H31FN4O2. The Morgan fingerprint density at radius 1 is 1.30 bits per heavy atom. The number of carbonyl (C=O) groups is 2. The average molecular weight is 415 g/mol. The van der Waals surface area contributed by atoms with Gasteiger partial charge in [-0.1, -0.05) is 13.8 Å². The number of anilines is 1. The predicted octanol–water partition coefficient (Wildman–Crippen LogP) is 2.89. The van der Waals surface area contributed by atoms with E-state index in [4.69, 9.17) is 0 Å². The highest BCUT2D eigenvalue weighted by Crippen LogP contribution is 2.38. The van der Waals surface area contributed by atoms with E-state index < -0.39 is 11.4 Å². The van der Waals surface area contributed by atoms with Crippen LogP contribution in [-0.2, 0) is 9.59 Å². The number of halogens is 1. The number of likely N-dealkylation sites (N-methyl/N-ethyl adjacent to an activating group) is 1. The van der Waals surface area contributed by atoms with Gasteiger partial charge in [-0.25, -0.2) is 4.39 Å². The van der Waals surface area contributed by atoms with Crippen LogP contribution in [0.5, 0.6) is 0 Å². The summed E-state index contributed by atoms with van der Waals surface area (Å²) in [5.41, 5.74) is 2.61. The van der Waals surface area contributed by atoms with Gasteiger partial charge in [-0.2, -0.15) is 0 Å². The summed E-state index contributed by atoms with van der Waals surface area (Å²) in [4.78, 5) is 27.7. The van der Waals surface area contributed by atoms with Crippen LogP contribution in [0.4, 0.5) is 10.1 Å². The van der Waals surface area contributed by atoms with Crippen molar-refractivity contribution < 1.29 is 14.0 Å². The van der Waals surface area contributed by atoms with Gasteiger partial charge in [-0.05, 0) is 63.7 Å².